The van der Waals surface area contributed by atoms with Gasteiger partial charge in [0.15, 0.2) is 0 Å². The zero-order chi connectivity index (χ0) is 9.84. The normalized spacial score (nSPS) is 10.5. The van der Waals surface area contributed by atoms with Crippen molar-refractivity contribution in [3.8, 4) is 0 Å². The van der Waals surface area contributed by atoms with E-state index in [0.717, 1.165) is 5.56 Å². The molecule has 0 saturated heterocycles. The minimum Gasteiger partial charge on any atom is -0.299 e. The van der Waals surface area contributed by atoms with Crippen LogP contribution in [0.15, 0.2) is 24.3 Å². The molecule has 0 fully saturated rings. The predicted molar refractivity (Wildman–Crippen MR) is 55.0 cm³/mol. The van der Waals surface area contributed by atoms with Crippen LogP contribution in [0.4, 0.5) is 0 Å². The van der Waals surface area contributed by atoms with Crippen LogP contribution < -0.4 is 0 Å². The van der Waals surface area contributed by atoms with E-state index in [4.69, 9.17) is 11.6 Å². The number of ketones is 1. The van der Waals surface area contributed by atoms with Crippen molar-refractivity contribution in [2.75, 3.05) is 0 Å². The Labute approximate surface area is 83.7 Å². The van der Waals surface area contributed by atoms with E-state index in [1.54, 1.807) is 0 Å². The van der Waals surface area contributed by atoms with E-state index >= 15 is 0 Å². The molecule has 0 N–H and O–H groups in total. The van der Waals surface area contributed by atoms with E-state index in [1.165, 1.54) is 0 Å². The molecule has 0 spiro atoms. The summed E-state index contributed by atoms with van der Waals surface area (Å²) >= 11 is 5.92. The average Bonchev–Trinajstić information content (AvgIpc) is 2.08. The number of rotatable bonds is 3. The van der Waals surface area contributed by atoms with Crippen molar-refractivity contribution in [1.82, 2.24) is 0 Å². The van der Waals surface area contributed by atoms with Crippen LogP contribution in [0.3, 0.4) is 0 Å². The second-order valence-electron chi connectivity index (χ2n) is 3.39. The molecule has 2 heteroatoms. The summed E-state index contributed by atoms with van der Waals surface area (Å²) in [5, 5.41) is 0.677. The second-order valence-corrected chi connectivity index (χ2v) is 3.80. The average molecular weight is 197 g/mol. The van der Waals surface area contributed by atoms with Crippen molar-refractivity contribution < 1.29 is 4.79 Å². The quantitative estimate of drug-likeness (QED) is 0.726. The van der Waals surface area contributed by atoms with Crippen LogP contribution in [-0.2, 0) is 11.2 Å². The topological polar surface area (TPSA) is 17.1 Å². The van der Waals surface area contributed by atoms with Crippen LogP contribution in [0.25, 0.3) is 0 Å². The molecule has 0 aliphatic heterocycles. The summed E-state index contributed by atoms with van der Waals surface area (Å²) in [6.07, 6.45) is 0.442. The summed E-state index contributed by atoms with van der Waals surface area (Å²) in [5.74, 6) is 0.310. The molecule has 13 heavy (non-hydrogen) atoms. The Hall–Kier alpha value is -0.820. The Morgan fingerprint density at radius 3 is 2.54 bits per heavy atom. The molecule has 1 aromatic carbocycles. The Morgan fingerprint density at radius 1 is 1.38 bits per heavy atom. The van der Waals surface area contributed by atoms with Crippen molar-refractivity contribution in [2.45, 2.75) is 20.3 Å². The van der Waals surface area contributed by atoms with E-state index < -0.39 is 0 Å². The molecular formula is C11H13ClO. The highest BCUT2D eigenvalue weighted by Crippen LogP contribution is 2.16. The summed E-state index contributed by atoms with van der Waals surface area (Å²) in [4.78, 5) is 11.4. The molecule has 0 heterocycles. The lowest BCUT2D eigenvalue weighted by molar-refractivity contribution is -0.121. The van der Waals surface area contributed by atoms with Gasteiger partial charge >= 0.3 is 0 Å². The Bertz CT molecular complexity index is 305. The summed E-state index contributed by atoms with van der Waals surface area (Å²) in [5.41, 5.74) is 0.919. The van der Waals surface area contributed by atoms with Crippen LogP contribution in [-0.4, -0.2) is 5.78 Å². The first kappa shape index (κ1) is 10.3. The van der Waals surface area contributed by atoms with E-state index in [-0.39, 0.29) is 11.7 Å². The van der Waals surface area contributed by atoms with Gasteiger partial charge in [-0.25, -0.2) is 0 Å². The van der Waals surface area contributed by atoms with Crippen molar-refractivity contribution >= 4 is 17.4 Å². The van der Waals surface area contributed by atoms with Gasteiger partial charge in [0.25, 0.3) is 0 Å². The highest BCUT2D eigenvalue weighted by atomic mass is 35.5. The number of benzene rings is 1. The minimum atomic E-state index is 0.0799. The predicted octanol–water partition coefficient (Wildman–Crippen LogP) is 3.11. The number of hydrogen-bond donors (Lipinski definition) is 0. The van der Waals surface area contributed by atoms with Crippen LogP contribution in [0.1, 0.15) is 19.4 Å². The van der Waals surface area contributed by atoms with Gasteiger partial charge in [-0.1, -0.05) is 43.6 Å². The fraction of sp³-hybridized carbons (Fsp3) is 0.364. The van der Waals surface area contributed by atoms with Gasteiger partial charge in [0, 0.05) is 17.4 Å². The second kappa shape index (κ2) is 4.43. The molecular weight excluding hydrogens is 184 g/mol. The summed E-state index contributed by atoms with van der Waals surface area (Å²) in [6, 6.07) is 7.47. The van der Waals surface area contributed by atoms with Crippen LogP contribution >= 0.6 is 11.6 Å². The van der Waals surface area contributed by atoms with Crippen molar-refractivity contribution in [3.05, 3.63) is 34.9 Å². The van der Waals surface area contributed by atoms with Crippen molar-refractivity contribution in [2.24, 2.45) is 5.92 Å². The van der Waals surface area contributed by atoms with Crippen LogP contribution in [0.5, 0.6) is 0 Å². The highest BCUT2D eigenvalue weighted by Gasteiger charge is 2.09. The molecule has 0 aliphatic rings. The summed E-state index contributed by atoms with van der Waals surface area (Å²) in [6.45, 7) is 3.80. The number of carbonyl (C=O) groups excluding carboxylic acids is 1. The highest BCUT2D eigenvalue weighted by molar-refractivity contribution is 6.31. The van der Waals surface area contributed by atoms with Crippen LogP contribution in [0, 0.1) is 5.92 Å². The number of carbonyl (C=O) groups is 1. The van der Waals surface area contributed by atoms with Gasteiger partial charge in [0.1, 0.15) is 5.78 Å². The van der Waals surface area contributed by atoms with Gasteiger partial charge < -0.3 is 0 Å². The molecule has 1 aromatic rings. The van der Waals surface area contributed by atoms with E-state index in [1.807, 2.05) is 38.1 Å². The molecule has 1 rings (SSSR count). The molecule has 70 valence electrons. The summed E-state index contributed by atoms with van der Waals surface area (Å²) < 4.78 is 0. The van der Waals surface area contributed by atoms with E-state index in [2.05, 4.69) is 0 Å². The lowest BCUT2D eigenvalue weighted by Crippen LogP contribution is -2.10. The summed E-state index contributed by atoms with van der Waals surface area (Å²) in [7, 11) is 0. The molecule has 0 unspecified atom stereocenters. The molecule has 0 saturated carbocycles. The van der Waals surface area contributed by atoms with Gasteiger partial charge in [-0.05, 0) is 11.6 Å². The molecule has 0 aliphatic carbocycles. The lowest BCUT2D eigenvalue weighted by atomic mass is 10.0. The molecule has 0 aromatic heterocycles. The van der Waals surface area contributed by atoms with Gasteiger partial charge in [-0.2, -0.15) is 0 Å². The monoisotopic (exact) mass is 196 g/mol. The van der Waals surface area contributed by atoms with Gasteiger partial charge in [-0.15, -0.1) is 0 Å². The van der Waals surface area contributed by atoms with Crippen molar-refractivity contribution in [1.29, 1.82) is 0 Å². The molecule has 0 atom stereocenters. The van der Waals surface area contributed by atoms with Gasteiger partial charge in [0.2, 0.25) is 0 Å². The van der Waals surface area contributed by atoms with Crippen LogP contribution in [0.2, 0.25) is 5.02 Å². The minimum absolute atomic E-state index is 0.0799. The zero-order valence-electron chi connectivity index (χ0n) is 7.88. The number of Topliss-reactive ketones (excluding diaryl/α,β-unsaturated/α-hetero) is 1. The third-order valence-corrected chi connectivity index (χ3v) is 2.34. The molecule has 1 nitrogen and oxygen atoms in total. The first-order valence-electron chi connectivity index (χ1n) is 4.37. The Morgan fingerprint density at radius 2 is 2.00 bits per heavy atom. The van der Waals surface area contributed by atoms with E-state index in [9.17, 15) is 4.79 Å². The molecule has 0 radical (unpaired) electrons. The number of halogens is 1. The third-order valence-electron chi connectivity index (χ3n) is 1.97. The first-order chi connectivity index (χ1) is 6.11. The van der Waals surface area contributed by atoms with Gasteiger partial charge in [-0.3, -0.25) is 4.79 Å². The fourth-order valence-electron chi connectivity index (χ4n) is 1.03. The maximum absolute atomic E-state index is 11.4. The SMILES string of the molecule is CC(C)C(=O)Cc1ccccc1Cl. The van der Waals surface area contributed by atoms with Gasteiger partial charge in [0.05, 0.1) is 0 Å². The smallest absolute Gasteiger partial charge is 0.139 e. The van der Waals surface area contributed by atoms with E-state index in [0.29, 0.717) is 11.4 Å². The fourth-order valence-corrected chi connectivity index (χ4v) is 1.24. The maximum Gasteiger partial charge on any atom is 0.139 e. The first-order valence-corrected chi connectivity index (χ1v) is 4.75. The number of hydrogen-bond acceptors (Lipinski definition) is 1. The molecule has 0 bridgehead atoms. The largest absolute Gasteiger partial charge is 0.299 e. The Balaban J connectivity index is 2.75. The standard InChI is InChI=1S/C11H13ClO/c1-8(2)11(13)7-9-5-3-4-6-10(9)12/h3-6,8H,7H2,1-2H3. The Kier molecular flexibility index (Phi) is 3.49. The third kappa shape index (κ3) is 2.85. The molecule has 0 amide bonds. The van der Waals surface area contributed by atoms with Crippen molar-refractivity contribution in [3.63, 3.8) is 0 Å². The maximum atomic E-state index is 11.4. The zero-order valence-corrected chi connectivity index (χ0v) is 8.64. The lowest BCUT2D eigenvalue weighted by Gasteiger charge is -2.05.